The molecule has 14 heteroatoms. The molecule has 2 N–H and O–H groups in total. The molecule has 3 aromatic carbocycles. The molecule has 3 saturated heterocycles. The van der Waals surface area contributed by atoms with Crippen molar-refractivity contribution in [2.24, 2.45) is 11.8 Å². The van der Waals surface area contributed by atoms with E-state index in [1.807, 2.05) is 88.7 Å². The molecule has 68 heavy (non-hydrogen) atoms. The van der Waals surface area contributed by atoms with Gasteiger partial charge in [-0.2, -0.15) is 0 Å². The van der Waals surface area contributed by atoms with Crippen molar-refractivity contribution in [2.75, 3.05) is 54.1 Å². The van der Waals surface area contributed by atoms with E-state index in [1.54, 1.807) is 11.0 Å². The Morgan fingerprint density at radius 2 is 1.16 bits per heavy atom. The van der Waals surface area contributed by atoms with Crippen LogP contribution in [0.15, 0.2) is 91.0 Å². The Morgan fingerprint density at radius 1 is 0.632 bits per heavy atom. The highest BCUT2D eigenvalue weighted by Gasteiger charge is 2.42. The van der Waals surface area contributed by atoms with Crippen molar-refractivity contribution >= 4 is 63.5 Å². The third kappa shape index (κ3) is 10.6. The SMILES string of the molecule is O=C(O)c1sc(-c2ccccc2)cc1N1C(=O)CCC[C@H]1C1CCCCC1.O=C(O)c1sc(-c2ccccc2)cc1N1C(=O)CN(Cc2cccc(F)c2N2CCOCC2)C[C@H]1C1CCCCC1. The van der Waals surface area contributed by atoms with Crippen LogP contribution in [0.3, 0.4) is 0 Å². The summed E-state index contributed by atoms with van der Waals surface area (Å²) < 4.78 is 20.6. The second-order valence-corrected chi connectivity index (χ2v) is 21.0. The number of morpholine rings is 1. The van der Waals surface area contributed by atoms with Gasteiger partial charge < -0.3 is 29.6 Å². The van der Waals surface area contributed by atoms with Crippen LogP contribution in [0.1, 0.15) is 108 Å². The number of piperidine rings is 1. The van der Waals surface area contributed by atoms with Crippen LogP contribution in [0.25, 0.3) is 20.9 Å². The number of nitrogens with zero attached hydrogens (tertiary/aromatic N) is 4. The smallest absolute Gasteiger partial charge is 0.348 e. The van der Waals surface area contributed by atoms with Gasteiger partial charge in [0.1, 0.15) is 15.6 Å². The highest BCUT2D eigenvalue weighted by Crippen LogP contribution is 2.44. The summed E-state index contributed by atoms with van der Waals surface area (Å²) in [5.74, 6) is -1.46. The molecular formula is C54H61FN4O7S2. The molecule has 11 nitrogen and oxygen atoms in total. The number of amides is 2. The molecule has 0 unspecified atom stereocenters. The lowest BCUT2D eigenvalue weighted by Gasteiger charge is -2.45. The molecule has 10 rings (SSSR count). The van der Waals surface area contributed by atoms with Crippen molar-refractivity contribution in [1.29, 1.82) is 0 Å². The number of halogens is 1. The molecule has 358 valence electrons. The molecular weight excluding hydrogens is 900 g/mol. The quantitative estimate of drug-likeness (QED) is 0.133. The van der Waals surface area contributed by atoms with Gasteiger partial charge in [-0.25, -0.2) is 14.0 Å². The van der Waals surface area contributed by atoms with Crippen LogP contribution in [0.2, 0.25) is 0 Å². The van der Waals surface area contributed by atoms with Gasteiger partial charge in [-0.15, -0.1) is 22.7 Å². The van der Waals surface area contributed by atoms with Crippen molar-refractivity contribution in [2.45, 2.75) is 102 Å². The normalized spacial score (nSPS) is 21.1. The summed E-state index contributed by atoms with van der Waals surface area (Å²) in [6, 6.07) is 28.5. The number of thiophene rings is 2. The number of ether oxygens (including phenoxy) is 1. The highest BCUT2D eigenvalue weighted by molar-refractivity contribution is 7.18. The van der Waals surface area contributed by atoms with Gasteiger partial charge in [0.15, 0.2) is 0 Å². The first-order valence-corrected chi connectivity index (χ1v) is 26.1. The van der Waals surface area contributed by atoms with Crippen molar-refractivity contribution in [3.8, 4) is 20.9 Å². The van der Waals surface area contributed by atoms with E-state index >= 15 is 4.39 Å². The number of carboxylic acid groups (broad SMARTS) is 2. The third-order valence-electron chi connectivity index (χ3n) is 14.5. The Kier molecular flexibility index (Phi) is 15.4. The Balaban J connectivity index is 0.000000185. The summed E-state index contributed by atoms with van der Waals surface area (Å²) in [6.45, 7) is 3.61. The molecule has 0 radical (unpaired) electrons. The first-order chi connectivity index (χ1) is 33.1. The predicted octanol–water partition coefficient (Wildman–Crippen LogP) is 11.5. The zero-order valence-corrected chi connectivity index (χ0v) is 40.2. The average molecular weight is 961 g/mol. The van der Waals surface area contributed by atoms with E-state index < -0.39 is 11.9 Å². The minimum atomic E-state index is -1.01. The van der Waals surface area contributed by atoms with E-state index in [1.165, 1.54) is 54.4 Å². The number of carboxylic acids is 2. The molecule has 5 aliphatic rings. The third-order valence-corrected chi connectivity index (χ3v) is 16.8. The van der Waals surface area contributed by atoms with Crippen LogP contribution in [0.4, 0.5) is 21.5 Å². The maximum absolute atomic E-state index is 15.1. The van der Waals surface area contributed by atoms with Gasteiger partial charge in [-0.1, -0.05) is 111 Å². The fourth-order valence-electron chi connectivity index (χ4n) is 11.3. The van der Waals surface area contributed by atoms with Crippen LogP contribution in [0, 0.1) is 17.7 Å². The van der Waals surface area contributed by atoms with Gasteiger partial charge in [-0.05, 0) is 85.3 Å². The monoisotopic (exact) mass is 960 g/mol. The Bertz CT molecular complexity index is 2550. The van der Waals surface area contributed by atoms with Crippen LogP contribution in [-0.4, -0.2) is 90.3 Å². The summed E-state index contributed by atoms with van der Waals surface area (Å²) in [7, 11) is 0. The van der Waals surface area contributed by atoms with E-state index in [0.29, 0.717) is 68.8 Å². The Labute approximate surface area is 406 Å². The first kappa shape index (κ1) is 47.6. The van der Waals surface area contributed by atoms with E-state index in [2.05, 4.69) is 4.90 Å². The molecule has 3 aliphatic heterocycles. The highest BCUT2D eigenvalue weighted by atomic mass is 32.1. The number of piperazine rings is 1. The van der Waals surface area contributed by atoms with Crippen molar-refractivity contribution in [1.82, 2.24) is 4.90 Å². The van der Waals surface area contributed by atoms with E-state index in [0.717, 1.165) is 77.8 Å². The molecule has 2 aliphatic carbocycles. The maximum Gasteiger partial charge on any atom is 0.348 e. The number of anilines is 3. The Hall–Kier alpha value is -5.41. The van der Waals surface area contributed by atoms with Crippen molar-refractivity contribution in [3.63, 3.8) is 0 Å². The average Bonchev–Trinajstić information content (AvgIpc) is 4.02. The molecule has 0 spiro atoms. The topological polar surface area (TPSA) is 131 Å². The standard InChI is InChI=1S/C32H36FN3O4S.C22H25NO3S/c33-25-13-7-12-24(30(25)35-14-16-40-17-15-35)19-34-20-27(22-8-3-1-4-9-22)36(29(37)21-34)26-18-28(41-31(26)32(38)39)23-10-5-2-6-11-23;24-20-13-7-12-17(15-8-3-1-4-9-15)23(20)18-14-19(27-21(18)22(25)26)16-10-5-2-6-11-16/h2,5-7,10-13,18,22,27H,1,3-4,8-9,14-17,19-21H2,(H,38,39);2,5-6,10-11,14-15,17H,1,3-4,7-9,12-13H2,(H,25,26)/t27-;17-/m00/s1. The lowest BCUT2D eigenvalue weighted by molar-refractivity contribution is -0.123. The lowest BCUT2D eigenvalue weighted by atomic mass is 9.79. The molecule has 2 aromatic heterocycles. The summed E-state index contributed by atoms with van der Waals surface area (Å²) in [5.41, 5.74) is 4.50. The number of hydrogen-bond donors (Lipinski definition) is 2. The van der Waals surface area contributed by atoms with Crippen LogP contribution < -0.4 is 14.7 Å². The minimum absolute atomic E-state index is 0.0803. The molecule has 5 aromatic rings. The van der Waals surface area contributed by atoms with Gasteiger partial charge in [0.05, 0.1) is 42.9 Å². The minimum Gasteiger partial charge on any atom is -0.477 e. The summed E-state index contributed by atoms with van der Waals surface area (Å²) in [4.78, 5) is 61.4. The fraction of sp³-hybridized carbons (Fsp3) is 0.444. The fourth-order valence-corrected chi connectivity index (χ4v) is 13.3. The largest absolute Gasteiger partial charge is 0.477 e. The number of carbonyl (C=O) groups excluding carboxylic acids is 2. The molecule has 5 heterocycles. The predicted molar refractivity (Wildman–Crippen MR) is 268 cm³/mol. The van der Waals surface area contributed by atoms with E-state index in [9.17, 15) is 29.4 Å². The summed E-state index contributed by atoms with van der Waals surface area (Å²) in [5, 5.41) is 20.0. The van der Waals surface area contributed by atoms with E-state index in [-0.39, 0.29) is 51.9 Å². The Morgan fingerprint density at radius 3 is 1.71 bits per heavy atom. The number of para-hydroxylation sites is 1. The summed E-state index contributed by atoms with van der Waals surface area (Å²) in [6.07, 6.45) is 13.8. The van der Waals surface area contributed by atoms with Crippen molar-refractivity contribution in [3.05, 3.63) is 112 Å². The van der Waals surface area contributed by atoms with Gasteiger partial charge in [0, 0.05) is 48.4 Å². The molecule has 2 amide bonds. The number of rotatable bonds is 11. The van der Waals surface area contributed by atoms with Gasteiger partial charge in [-0.3, -0.25) is 14.5 Å². The van der Waals surface area contributed by atoms with E-state index in [4.69, 9.17) is 4.74 Å². The van der Waals surface area contributed by atoms with Crippen LogP contribution in [0.5, 0.6) is 0 Å². The maximum atomic E-state index is 15.1. The number of benzene rings is 3. The second-order valence-electron chi connectivity index (χ2n) is 18.9. The molecule has 0 bridgehead atoms. The van der Waals surface area contributed by atoms with Crippen LogP contribution >= 0.6 is 22.7 Å². The van der Waals surface area contributed by atoms with Gasteiger partial charge >= 0.3 is 11.9 Å². The lowest BCUT2D eigenvalue weighted by Crippen LogP contribution is -2.59. The first-order valence-electron chi connectivity index (χ1n) is 24.5. The molecule has 2 saturated carbocycles. The van der Waals surface area contributed by atoms with Crippen LogP contribution in [-0.2, 0) is 20.9 Å². The van der Waals surface area contributed by atoms with Crippen molar-refractivity contribution < 1.29 is 38.5 Å². The molecule has 5 fully saturated rings. The second kappa shape index (κ2) is 21.9. The number of aromatic carboxylic acids is 2. The van der Waals surface area contributed by atoms with Gasteiger partial charge in [0.25, 0.3) is 0 Å². The zero-order valence-electron chi connectivity index (χ0n) is 38.5. The molecule has 2 atom stereocenters. The zero-order chi connectivity index (χ0) is 47.1. The number of hydrogen-bond acceptors (Lipinski definition) is 9. The number of carbonyl (C=O) groups is 4. The van der Waals surface area contributed by atoms with Gasteiger partial charge in [0.2, 0.25) is 11.8 Å². The summed E-state index contributed by atoms with van der Waals surface area (Å²) >= 11 is 2.50.